The Morgan fingerprint density at radius 2 is 2.05 bits per heavy atom. The summed E-state index contributed by atoms with van der Waals surface area (Å²) in [5.74, 6) is 0.766. The fourth-order valence-corrected chi connectivity index (χ4v) is 2.55. The minimum absolute atomic E-state index is 0.219. The van der Waals surface area contributed by atoms with Gasteiger partial charge in [-0.1, -0.05) is 17.7 Å². The van der Waals surface area contributed by atoms with Gasteiger partial charge in [-0.2, -0.15) is 0 Å². The third kappa shape index (κ3) is 2.28. The highest BCUT2D eigenvalue weighted by atomic mass is 35.5. The van der Waals surface area contributed by atoms with Gasteiger partial charge in [-0.3, -0.25) is 4.57 Å². The van der Waals surface area contributed by atoms with E-state index in [2.05, 4.69) is 9.97 Å². The van der Waals surface area contributed by atoms with Crippen LogP contribution in [0.4, 0.5) is 0 Å². The molecule has 2 aromatic heterocycles. The van der Waals surface area contributed by atoms with Gasteiger partial charge in [0.15, 0.2) is 5.65 Å². The van der Waals surface area contributed by atoms with Crippen molar-refractivity contribution in [1.29, 1.82) is 0 Å². The van der Waals surface area contributed by atoms with Gasteiger partial charge in [0.05, 0.1) is 11.1 Å². The summed E-state index contributed by atoms with van der Waals surface area (Å²) in [6.07, 6.45) is 1.83. The summed E-state index contributed by atoms with van der Waals surface area (Å²) >= 11 is 12.3. The number of benzene rings is 1. The summed E-state index contributed by atoms with van der Waals surface area (Å²) < 4.78 is 1.96. The lowest BCUT2D eigenvalue weighted by molar-refractivity contribution is 0.877. The monoisotopic (exact) mass is 305 g/mol. The summed E-state index contributed by atoms with van der Waals surface area (Å²) in [5.41, 5.74) is 3.62. The van der Waals surface area contributed by atoms with Crippen molar-refractivity contribution in [2.45, 2.75) is 19.2 Å². The molecule has 1 aromatic carbocycles. The second-order valence-electron chi connectivity index (χ2n) is 4.76. The molecule has 0 spiro atoms. The lowest BCUT2D eigenvalue weighted by Crippen LogP contribution is -2.02. The number of aryl methyl sites for hydroxylation is 1. The molecule has 0 N–H and O–H groups in total. The maximum absolute atomic E-state index is 6.27. The highest BCUT2D eigenvalue weighted by molar-refractivity contribution is 6.30. The first-order valence-corrected chi connectivity index (χ1v) is 7.12. The molecule has 0 aliphatic heterocycles. The minimum Gasteiger partial charge on any atom is -0.279 e. The maximum atomic E-state index is 6.27. The van der Waals surface area contributed by atoms with Crippen LogP contribution in [0.5, 0.6) is 0 Å². The molecule has 1 atom stereocenters. The molecule has 1 unspecified atom stereocenters. The van der Waals surface area contributed by atoms with E-state index in [1.54, 1.807) is 0 Å². The van der Waals surface area contributed by atoms with Crippen molar-refractivity contribution >= 4 is 34.4 Å². The number of fused-ring (bicyclic) bond motifs is 1. The van der Waals surface area contributed by atoms with Gasteiger partial charge in [0.1, 0.15) is 11.3 Å². The van der Waals surface area contributed by atoms with Crippen LogP contribution in [0.3, 0.4) is 0 Å². The zero-order chi connectivity index (χ0) is 14.3. The molecule has 0 amide bonds. The minimum atomic E-state index is -0.219. The van der Waals surface area contributed by atoms with Gasteiger partial charge in [0.25, 0.3) is 0 Å². The Bertz CT molecular complexity index is 778. The Hall–Kier alpha value is -1.58. The van der Waals surface area contributed by atoms with Gasteiger partial charge in [-0.15, -0.1) is 11.6 Å². The SMILES string of the molecule is Cc1cnc2c(c1)nc(C(C)Cl)n2-c1cccc(Cl)c1. The number of pyridine rings is 1. The van der Waals surface area contributed by atoms with E-state index in [4.69, 9.17) is 23.2 Å². The van der Waals surface area contributed by atoms with Crippen LogP contribution in [-0.4, -0.2) is 14.5 Å². The van der Waals surface area contributed by atoms with E-state index < -0.39 is 0 Å². The van der Waals surface area contributed by atoms with Crippen LogP contribution >= 0.6 is 23.2 Å². The van der Waals surface area contributed by atoms with Crippen molar-refractivity contribution in [3.8, 4) is 5.69 Å². The van der Waals surface area contributed by atoms with Crippen LogP contribution in [0.1, 0.15) is 23.7 Å². The van der Waals surface area contributed by atoms with E-state index >= 15 is 0 Å². The highest BCUT2D eigenvalue weighted by Gasteiger charge is 2.17. The lowest BCUT2D eigenvalue weighted by Gasteiger charge is -2.10. The van der Waals surface area contributed by atoms with Crippen molar-refractivity contribution in [1.82, 2.24) is 14.5 Å². The quantitative estimate of drug-likeness (QED) is 0.643. The number of hydrogen-bond acceptors (Lipinski definition) is 2. The average molecular weight is 306 g/mol. The molecule has 0 fully saturated rings. The first-order chi connectivity index (χ1) is 9.56. The molecule has 102 valence electrons. The third-order valence-corrected chi connectivity index (χ3v) is 3.51. The Balaban J connectivity index is 2.34. The number of imidazole rings is 1. The Kier molecular flexibility index (Phi) is 3.40. The van der Waals surface area contributed by atoms with Crippen LogP contribution in [0.25, 0.3) is 16.9 Å². The molecule has 0 bridgehead atoms. The summed E-state index contributed by atoms with van der Waals surface area (Å²) in [6, 6.07) is 9.60. The van der Waals surface area contributed by atoms with Crippen molar-refractivity contribution in [3.05, 3.63) is 52.9 Å². The zero-order valence-electron chi connectivity index (χ0n) is 11.1. The summed E-state index contributed by atoms with van der Waals surface area (Å²) in [5, 5.41) is 0.452. The normalized spacial score (nSPS) is 12.8. The van der Waals surface area contributed by atoms with Gasteiger partial charge in [-0.25, -0.2) is 9.97 Å². The molecule has 0 radical (unpaired) electrons. The molecule has 0 saturated carbocycles. The van der Waals surface area contributed by atoms with E-state index in [0.717, 1.165) is 28.2 Å². The van der Waals surface area contributed by atoms with Crippen LogP contribution in [-0.2, 0) is 0 Å². The van der Waals surface area contributed by atoms with Gasteiger partial charge >= 0.3 is 0 Å². The molecule has 20 heavy (non-hydrogen) atoms. The molecule has 2 heterocycles. The van der Waals surface area contributed by atoms with Crippen molar-refractivity contribution in [2.24, 2.45) is 0 Å². The Morgan fingerprint density at radius 1 is 1.25 bits per heavy atom. The van der Waals surface area contributed by atoms with Crippen molar-refractivity contribution in [3.63, 3.8) is 0 Å². The molecular weight excluding hydrogens is 293 g/mol. The third-order valence-electron chi connectivity index (χ3n) is 3.08. The van der Waals surface area contributed by atoms with E-state index in [-0.39, 0.29) is 5.38 Å². The number of alkyl halides is 1. The largest absolute Gasteiger partial charge is 0.279 e. The van der Waals surface area contributed by atoms with E-state index in [9.17, 15) is 0 Å². The van der Waals surface area contributed by atoms with Crippen LogP contribution < -0.4 is 0 Å². The van der Waals surface area contributed by atoms with E-state index in [1.807, 2.05) is 54.9 Å². The fourth-order valence-electron chi connectivity index (χ4n) is 2.22. The standard InChI is InChI=1S/C15H13Cl2N3/c1-9-6-13-15(18-8-9)20(14(19-13)10(2)16)12-5-3-4-11(17)7-12/h3-8,10H,1-2H3. The van der Waals surface area contributed by atoms with Crippen LogP contribution in [0, 0.1) is 6.92 Å². The molecule has 3 rings (SSSR count). The zero-order valence-corrected chi connectivity index (χ0v) is 12.7. The molecule has 3 aromatic rings. The molecular formula is C15H13Cl2N3. The number of halogens is 2. The van der Waals surface area contributed by atoms with Crippen molar-refractivity contribution in [2.75, 3.05) is 0 Å². The molecule has 5 heteroatoms. The molecule has 0 aliphatic carbocycles. The van der Waals surface area contributed by atoms with Gasteiger partial charge in [0, 0.05) is 11.2 Å². The fraction of sp³-hybridized carbons (Fsp3) is 0.200. The maximum Gasteiger partial charge on any atom is 0.164 e. The van der Waals surface area contributed by atoms with E-state index in [0.29, 0.717) is 5.02 Å². The van der Waals surface area contributed by atoms with Gasteiger partial charge in [0.2, 0.25) is 0 Å². The predicted molar refractivity (Wildman–Crippen MR) is 82.9 cm³/mol. The molecule has 0 saturated heterocycles. The number of hydrogen-bond donors (Lipinski definition) is 0. The smallest absolute Gasteiger partial charge is 0.164 e. The average Bonchev–Trinajstić information content (AvgIpc) is 2.77. The molecule has 3 nitrogen and oxygen atoms in total. The number of aromatic nitrogens is 3. The number of rotatable bonds is 2. The van der Waals surface area contributed by atoms with Crippen molar-refractivity contribution < 1.29 is 0 Å². The first kappa shape index (κ1) is 13.4. The summed E-state index contributed by atoms with van der Waals surface area (Å²) in [6.45, 7) is 3.89. The topological polar surface area (TPSA) is 30.7 Å². The number of nitrogens with zero attached hydrogens (tertiary/aromatic N) is 3. The summed E-state index contributed by atoms with van der Waals surface area (Å²) in [4.78, 5) is 9.09. The van der Waals surface area contributed by atoms with Gasteiger partial charge < -0.3 is 0 Å². The first-order valence-electron chi connectivity index (χ1n) is 6.31. The lowest BCUT2D eigenvalue weighted by atomic mass is 10.3. The van der Waals surface area contributed by atoms with E-state index in [1.165, 1.54) is 0 Å². The predicted octanol–water partition coefficient (Wildman–Crippen LogP) is 4.68. The van der Waals surface area contributed by atoms with Crippen LogP contribution in [0.15, 0.2) is 36.5 Å². The Labute approximate surface area is 127 Å². The second kappa shape index (κ2) is 5.08. The summed E-state index contributed by atoms with van der Waals surface area (Å²) in [7, 11) is 0. The Morgan fingerprint density at radius 3 is 2.75 bits per heavy atom. The van der Waals surface area contributed by atoms with Gasteiger partial charge in [-0.05, 0) is 43.7 Å². The van der Waals surface area contributed by atoms with Crippen LogP contribution in [0.2, 0.25) is 5.02 Å². The second-order valence-corrected chi connectivity index (χ2v) is 5.85. The highest BCUT2D eigenvalue weighted by Crippen LogP contribution is 2.28. The molecule has 0 aliphatic rings.